The average Bonchev–Trinajstić information content (AvgIpc) is 3.21. The van der Waals surface area contributed by atoms with E-state index in [4.69, 9.17) is 4.74 Å². The number of nitrogens with zero attached hydrogens (tertiary/aromatic N) is 3. The van der Waals surface area contributed by atoms with Gasteiger partial charge in [0.05, 0.1) is 23.5 Å². The van der Waals surface area contributed by atoms with Crippen molar-refractivity contribution < 1.29 is 19.1 Å². The molecule has 0 aliphatic rings. The molecule has 1 atom stereocenters. The number of anilines is 1. The van der Waals surface area contributed by atoms with E-state index in [-0.39, 0.29) is 35.6 Å². The van der Waals surface area contributed by atoms with E-state index in [1.807, 2.05) is 39.1 Å². The van der Waals surface area contributed by atoms with Gasteiger partial charge >= 0.3 is 5.97 Å². The maximum absolute atomic E-state index is 12.7. The van der Waals surface area contributed by atoms with Gasteiger partial charge in [-0.3, -0.25) is 9.59 Å². The SMILES string of the molecule is CC(C)OC(=O)c1cccc(NC(=O)CSc2nnc([C@H](NC(=O)c3ccccc3)C(C)C)n2C)c1. The van der Waals surface area contributed by atoms with Crippen molar-refractivity contribution in [3.63, 3.8) is 0 Å². The first-order valence-electron chi connectivity index (χ1n) is 11.6. The Morgan fingerprint density at radius 1 is 0.972 bits per heavy atom. The van der Waals surface area contributed by atoms with Crippen LogP contribution in [-0.2, 0) is 16.6 Å². The second kappa shape index (κ2) is 12.3. The fraction of sp³-hybridized carbons (Fsp3) is 0.346. The minimum atomic E-state index is -0.443. The number of esters is 1. The number of aromatic nitrogens is 3. The fourth-order valence-corrected chi connectivity index (χ4v) is 4.12. The van der Waals surface area contributed by atoms with Gasteiger partial charge in [-0.1, -0.05) is 49.9 Å². The van der Waals surface area contributed by atoms with Crippen LogP contribution in [0.4, 0.5) is 5.69 Å². The average molecular weight is 510 g/mol. The molecule has 190 valence electrons. The van der Waals surface area contributed by atoms with E-state index >= 15 is 0 Å². The van der Waals surface area contributed by atoms with Gasteiger partial charge in [-0.25, -0.2) is 4.79 Å². The highest BCUT2D eigenvalue weighted by atomic mass is 32.2. The molecule has 2 amide bonds. The Kier molecular flexibility index (Phi) is 9.24. The normalized spacial score (nSPS) is 11.9. The monoisotopic (exact) mass is 509 g/mol. The lowest BCUT2D eigenvalue weighted by Gasteiger charge is -2.21. The summed E-state index contributed by atoms with van der Waals surface area (Å²) in [7, 11) is 1.81. The first kappa shape index (κ1) is 26.9. The molecule has 36 heavy (non-hydrogen) atoms. The quantitative estimate of drug-likeness (QED) is 0.310. The Morgan fingerprint density at radius 2 is 1.67 bits per heavy atom. The first-order chi connectivity index (χ1) is 17.2. The zero-order chi connectivity index (χ0) is 26.2. The number of thioether (sulfide) groups is 1. The molecule has 1 aromatic heterocycles. The molecule has 0 unspecified atom stereocenters. The fourth-order valence-electron chi connectivity index (χ4n) is 3.40. The highest BCUT2D eigenvalue weighted by Crippen LogP contribution is 2.24. The standard InChI is InChI=1S/C26H31N5O4S/c1-16(2)22(28-24(33)18-10-7-6-8-11-18)23-29-30-26(31(23)5)36-15-21(32)27-20-13-9-12-19(14-20)25(34)35-17(3)4/h6-14,16-17,22H,15H2,1-5H3,(H,27,32)(H,28,33)/t22-/m1/s1. The van der Waals surface area contributed by atoms with E-state index in [0.717, 1.165) is 0 Å². The van der Waals surface area contributed by atoms with Gasteiger partial charge in [0.15, 0.2) is 11.0 Å². The molecular weight excluding hydrogens is 478 g/mol. The third-order valence-corrected chi connectivity index (χ3v) is 6.21. The minimum absolute atomic E-state index is 0.0661. The van der Waals surface area contributed by atoms with Crippen LogP contribution in [0.5, 0.6) is 0 Å². The number of ether oxygens (including phenoxy) is 1. The van der Waals surface area contributed by atoms with Crippen molar-refractivity contribution in [1.29, 1.82) is 0 Å². The Labute approximate surface area is 215 Å². The Morgan fingerprint density at radius 3 is 2.33 bits per heavy atom. The summed E-state index contributed by atoms with van der Waals surface area (Å²) in [5.41, 5.74) is 1.43. The van der Waals surface area contributed by atoms with Gasteiger partial charge in [0, 0.05) is 18.3 Å². The lowest BCUT2D eigenvalue weighted by molar-refractivity contribution is -0.113. The number of nitrogens with one attached hydrogen (secondary N) is 2. The third-order valence-electron chi connectivity index (χ3n) is 5.19. The van der Waals surface area contributed by atoms with E-state index < -0.39 is 5.97 Å². The number of carbonyl (C=O) groups excluding carboxylic acids is 3. The molecule has 0 saturated heterocycles. The van der Waals surface area contributed by atoms with Crippen molar-refractivity contribution in [2.24, 2.45) is 13.0 Å². The predicted octanol–water partition coefficient (Wildman–Crippen LogP) is 4.24. The number of hydrogen-bond acceptors (Lipinski definition) is 7. The molecule has 0 spiro atoms. The highest BCUT2D eigenvalue weighted by molar-refractivity contribution is 7.99. The summed E-state index contributed by atoms with van der Waals surface area (Å²) in [6.07, 6.45) is -0.231. The smallest absolute Gasteiger partial charge is 0.338 e. The summed E-state index contributed by atoms with van der Waals surface area (Å²) in [5.74, 6) is -0.122. The maximum atomic E-state index is 12.7. The number of hydrogen-bond donors (Lipinski definition) is 2. The van der Waals surface area contributed by atoms with E-state index in [1.54, 1.807) is 54.8 Å². The summed E-state index contributed by atoms with van der Waals surface area (Å²) >= 11 is 1.23. The lowest BCUT2D eigenvalue weighted by atomic mass is 10.0. The number of carbonyl (C=O) groups is 3. The molecule has 1 heterocycles. The van der Waals surface area contributed by atoms with E-state index in [0.29, 0.717) is 27.8 Å². The van der Waals surface area contributed by atoms with Crippen LogP contribution in [0.1, 0.15) is 60.3 Å². The molecule has 3 aromatic rings. The Balaban J connectivity index is 1.62. The molecular formula is C26H31N5O4S. The summed E-state index contributed by atoms with van der Waals surface area (Å²) in [4.78, 5) is 37.4. The molecule has 2 aromatic carbocycles. The van der Waals surface area contributed by atoms with Crippen LogP contribution in [0, 0.1) is 5.92 Å². The molecule has 9 nitrogen and oxygen atoms in total. The summed E-state index contributed by atoms with van der Waals surface area (Å²) < 4.78 is 6.99. The second-order valence-electron chi connectivity index (χ2n) is 8.83. The summed E-state index contributed by atoms with van der Waals surface area (Å²) in [6.45, 7) is 7.55. The summed E-state index contributed by atoms with van der Waals surface area (Å²) in [5, 5.41) is 14.9. The van der Waals surface area contributed by atoms with Crippen LogP contribution in [-0.4, -0.2) is 44.4 Å². The minimum Gasteiger partial charge on any atom is -0.459 e. The Bertz CT molecular complexity index is 1210. The summed E-state index contributed by atoms with van der Waals surface area (Å²) in [6, 6.07) is 15.3. The van der Waals surface area contributed by atoms with Crippen LogP contribution < -0.4 is 10.6 Å². The van der Waals surface area contributed by atoms with Crippen LogP contribution in [0.2, 0.25) is 0 Å². The zero-order valence-electron chi connectivity index (χ0n) is 21.0. The van der Waals surface area contributed by atoms with Gasteiger partial charge in [-0.2, -0.15) is 0 Å². The van der Waals surface area contributed by atoms with Crippen molar-refractivity contribution in [3.8, 4) is 0 Å². The van der Waals surface area contributed by atoms with Gasteiger partial charge in [0.25, 0.3) is 5.91 Å². The van der Waals surface area contributed by atoms with Gasteiger partial charge < -0.3 is 19.9 Å². The van der Waals surface area contributed by atoms with Gasteiger partial charge in [0.1, 0.15) is 0 Å². The molecule has 10 heteroatoms. The van der Waals surface area contributed by atoms with Crippen molar-refractivity contribution in [2.75, 3.05) is 11.1 Å². The molecule has 0 fully saturated rings. The first-order valence-corrected chi connectivity index (χ1v) is 12.6. The van der Waals surface area contributed by atoms with Crippen molar-refractivity contribution in [2.45, 2.75) is 45.0 Å². The van der Waals surface area contributed by atoms with Gasteiger partial charge in [-0.15, -0.1) is 10.2 Å². The lowest BCUT2D eigenvalue weighted by Crippen LogP contribution is -2.33. The molecule has 0 radical (unpaired) electrons. The van der Waals surface area contributed by atoms with Gasteiger partial charge in [-0.05, 0) is 50.1 Å². The van der Waals surface area contributed by atoms with Crippen molar-refractivity contribution >= 4 is 35.2 Å². The van der Waals surface area contributed by atoms with Gasteiger partial charge in [0.2, 0.25) is 5.91 Å². The van der Waals surface area contributed by atoms with Crippen LogP contribution >= 0.6 is 11.8 Å². The molecule has 0 aliphatic carbocycles. The van der Waals surface area contributed by atoms with Crippen LogP contribution in [0.3, 0.4) is 0 Å². The predicted molar refractivity (Wildman–Crippen MR) is 139 cm³/mol. The van der Waals surface area contributed by atoms with Crippen LogP contribution in [0.25, 0.3) is 0 Å². The molecule has 3 rings (SSSR count). The number of benzene rings is 2. The maximum Gasteiger partial charge on any atom is 0.338 e. The van der Waals surface area contributed by atoms with Crippen LogP contribution in [0.15, 0.2) is 59.8 Å². The second-order valence-corrected chi connectivity index (χ2v) is 9.78. The van der Waals surface area contributed by atoms with Crippen molar-refractivity contribution in [3.05, 3.63) is 71.5 Å². The zero-order valence-corrected chi connectivity index (χ0v) is 21.8. The molecule has 2 N–H and O–H groups in total. The van der Waals surface area contributed by atoms with Crippen molar-refractivity contribution in [1.82, 2.24) is 20.1 Å². The largest absolute Gasteiger partial charge is 0.459 e. The van der Waals surface area contributed by atoms with E-state index in [1.165, 1.54) is 11.8 Å². The molecule has 0 aliphatic heterocycles. The van der Waals surface area contributed by atoms with E-state index in [9.17, 15) is 14.4 Å². The topological polar surface area (TPSA) is 115 Å². The highest BCUT2D eigenvalue weighted by Gasteiger charge is 2.25. The third kappa shape index (κ3) is 7.17. The number of rotatable bonds is 10. The molecule has 0 saturated carbocycles. The molecule has 0 bridgehead atoms. The number of amides is 2. The Hall–Kier alpha value is -3.66. The van der Waals surface area contributed by atoms with E-state index in [2.05, 4.69) is 20.8 Å².